The molecule has 0 spiro atoms. The van der Waals surface area contributed by atoms with Crippen LogP contribution in [0.25, 0.3) is 0 Å². The van der Waals surface area contributed by atoms with Crippen LogP contribution in [0.2, 0.25) is 0 Å². The third-order valence-electron chi connectivity index (χ3n) is 5.97. The summed E-state index contributed by atoms with van der Waals surface area (Å²) in [5.41, 5.74) is 4.78. The average Bonchev–Trinajstić information content (AvgIpc) is 3.37. The number of alkyl halides is 3. The van der Waals surface area contributed by atoms with Gasteiger partial charge in [-0.3, -0.25) is 19.3 Å². The summed E-state index contributed by atoms with van der Waals surface area (Å²) in [6.07, 6.45) is -3.01. The number of likely N-dealkylation sites (tertiary alicyclic amines) is 1. The molecule has 2 saturated heterocycles. The van der Waals surface area contributed by atoms with Gasteiger partial charge in [-0.25, -0.2) is 9.78 Å². The summed E-state index contributed by atoms with van der Waals surface area (Å²) >= 11 is 1.00. The third-order valence-corrected chi connectivity index (χ3v) is 6.65. The number of halogens is 3. The summed E-state index contributed by atoms with van der Waals surface area (Å²) in [6, 6.07) is -1.83. The summed E-state index contributed by atoms with van der Waals surface area (Å²) in [5.74, 6) is -3.97. The number of β-lactam (4-membered cyclic amide) rings is 1. The number of thiazole rings is 1. The number of nitrogens with zero attached hydrogens (tertiary/aromatic N) is 4. The maximum absolute atomic E-state index is 12.8. The van der Waals surface area contributed by atoms with E-state index in [0.717, 1.165) is 16.2 Å². The summed E-state index contributed by atoms with van der Waals surface area (Å²) in [6.45, 7) is -1.56. The molecule has 0 unspecified atom stereocenters. The molecule has 0 bridgehead atoms. The number of carbonyl (C=O) groups excluding carboxylic acids is 3. The van der Waals surface area contributed by atoms with Gasteiger partial charge >= 0.3 is 41.7 Å². The number of aromatic nitrogens is 1. The van der Waals surface area contributed by atoms with Gasteiger partial charge in [-0.15, -0.1) is 11.3 Å². The van der Waals surface area contributed by atoms with Gasteiger partial charge in [-0.2, -0.15) is 13.2 Å². The molecule has 2 fully saturated rings. The number of nitrogens with one attached hydrogen (secondary N) is 1. The zero-order valence-electron chi connectivity index (χ0n) is 18.3. The van der Waals surface area contributed by atoms with E-state index in [9.17, 15) is 42.7 Å². The molecule has 4 rings (SSSR count). The second-order valence-corrected chi connectivity index (χ2v) is 9.12. The molecule has 17 heteroatoms. The number of hydrogen-bond acceptors (Lipinski definition) is 9. The first-order valence-corrected chi connectivity index (χ1v) is 11.4. The zero-order chi connectivity index (χ0) is 26.4. The van der Waals surface area contributed by atoms with Crippen LogP contribution in [0.4, 0.5) is 18.3 Å². The van der Waals surface area contributed by atoms with Crippen molar-refractivity contribution in [3.63, 3.8) is 0 Å². The average molecular weight is 552 g/mol. The fourth-order valence-corrected chi connectivity index (χ4v) is 4.98. The van der Waals surface area contributed by atoms with Gasteiger partial charge in [0.05, 0.1) is 6.04 Å². The van der Waals surface area contributed by atoms with Crippen LogP contribution in [-0.4, -0.2) is 115 Å². The van der Waals surface area contributed by atoms with Crippen molar-refractivity contribution in [2.45, 2.75) is 37.5 Å². The normalized spacial score (nSPS) is 23.1. The van der Waals surface area contributed by atoms with Crippen molar-refractivity contribution in [1.29, 1.82) is 0 Å². The summed E-state index contributed by atoms with van der Waals surface area (Å²) < 4.78 is 38.0. The molecule has 3 aliphatic rings. The second kappa shape index (κ2) is 10.8. The van der Waals surface area contributed by atoms with Gasteiger partial charge in [0.25, 0.3) is 11.8 Å². The standard InChI is InChI=1S/C20H19F3N6O6S.Na.H/c21-20(22,23)7-28-4-3-9(16(28)31)5-8-1-2-11-13(17(32)29(11)14(8)18(33)34)26-15(30)12(27-35)10-6-36-19(24)25-10;;/h5-6,11,13,35H,1-4,7H2,(H2,24,25)(H,26,30)(H,33,34);;/b9-5?,27-12-;;/t11-,13+;;/m1../s1. The number of hydrogen-bond donors (Lipinski definition) is 4. The number of rotatable bonds is 6. The van der Waals surface area contributed by atoms with E-state index in [4.69, 9.17) is 5.73 Å². The topological polar surface area (TPSA) is 179 Å². The van der Waals surface area contributed by atoms with Crippen molar-refractivity contribution in [3.8, 4) is 0 Å². The van der Waals surface area contributed by atoms with Crippen LogP contribution in [0, 0.1) is 0 Å². The second-order valence-electron chi connectivity index (χ2n) is 8.23. The molecule has 0 saturated carbocycles. The van der Waals surface area contributed by atoms with Crippen LogP contribution < -0.4 is 11.1 Å². The van der Waals surface area contributed by atoms with Crippen LogP contribution in [-0.2, 0) is 19.2 Å². The minimum atomic E-state index is -4.56. The van der Waals surface area contributed by atoms with Gasteiger partial charge in [0.1, 0.15) is 24.0 Å². The predicted octanol–water partition coefficient (Wildman–Crippen LogP) is -0.196. The Morgan fingerprint density at radius 2 is 2.03 bits per heavy atom. The van der Waals surface area contributed by atoms with E-state index in [-0.39, 0.29) is 77.3 Å². The van der Waals surface area contributed by atoms with Crippen LogP contribution >= 0.6 is 11.3 Å². The summed E-state index contributed by atoms with van der Waals surface area (Å²) in [5, 5.41) is 25.8. The number of aliphatic carboxylic acids is 1. The van der Waals surface area contributed by atoms with Crippen LogP contribution in [0.3, 0.4) is 0 Å². The zero-order valence-corrected chi connectivity index (χ0v) is 19.1. The number of allylic oxidation sites excluding steroid dienone is 2. The van der Waals surface area contributed by atoms with Gasteiger partial charge in [-0.05, 0) is 30.9 Å². The van der Waals surface area contributed by atoms with Gasteiger partial charge in [0.15, 0.2) is 10.8 Å². The third kappa shape index (κ3) is 5.66. The van der Waals surface area contributed by atoms with Crippen molar-refractivity contribution in [2.75, 3.05) is 18.8 Å². The Kier molecular flexibility index (Phi) is 8.36. The van der Waals surface area contributed by atoms with Gasteiger partial charge < -0.3 is 26.3 Å². The molecule has 0 aromatic carbocycles. The number of carbonyl (C=O) groups is 4. The molecule has 5 N–H and O–H groups in total. The molecule has 37 heavy (non-hydrogen) atoms. The number of carboxylic acid groups (broad SMARTS) is 1. The van der Waals surface area contributed by atoms with E-state index in [2.05, 4.69) is 15.5 Å². The van der Waals surface area contributed by atoms with E-state index in [1.807, 2.05) is 0 Å². The fourth-order valence-electron chi connectivity index (χ4n) is 4.43. The molecular weight excluding hydrogens is 532 g/mol. The SMILES string of the molecule is Nc1nc(/C(=N/O)C(=O)N[C@@H]2C(=O)N3C(C(=O)O)=C(C=C4CCN(CC(F)(F)F)C4=O)CC[C@H]23)cs1.[NaH]. The molecule has 12 nitrogen and oxygen atoms in total. The number of carboxylic acids is 1. The number of oxime groups is 1. The van der Waals surface area contributed by atoms with E-state index < -0.39 is 59.9 Å². The molecule has 0 aliphatic carbocycles. The van der Waals surface area contributed by atoms with Gasteiger partial charge in [0, 0.05) is 17.5 Å². The molecule has 1 aromatic rings. The molecule has 3 aliphatic heterocycles. The molecule has 3 amide bonds. The Bertz CT molecular complexity index is 1250. The Morgan fingerprint density at radius 3 is 2.59 bits per heavy atom. The number of nitrogen functional groups attached to an aromatic ring is 1. The molecule has 0 radical (unpaired) electrons. The summed E-state index contributed by atoms with van der Waals surface area (Å²) in [4.78, 5) is 55.2. The first-order chi connectivity index (χ1) is 16.9. The number of anilines is 1. The maximum atomic E-state index is 12.8. The van der Waals surface area contributed by atoms with Crippen molar-refractivity contribution in [2.24, 2.45) is 5.16 Å². The Morgan fingerprint density at radius 1 is 1.32 bits per heavy atom. The molecule has 2 atom stereocenters. The van der Waals surface area contributed by atoms with E-state index in [0.29, 0.717) is 4.90 Å². The first kappa shape index (κ1) is 28.6. The predicted molar refractivity (Wildman–Crippen MR) is 124 cm³/mol. The van der Waals surface area contributed by atoms with Gasteiger partial charge in [-0.1, -0.05) is 5.16 Å². The minimum absolute atomic E-state index is 0. The number of amides is 3. The van der Waals surface area contributed by atoms with Crippen LogP contribution in [0.15, 0.2) is 33.5 Å². The first-order valence-electron chi connectivity index (χ1n) is 10.5. The van der Waals surface area contributed by atoms with Gasteiger partial charge in [0.2, 0.25) is 5.91 Å². The van der Waals surface area contributed by atoms with Crippen molar-refractivity contribution >= 4 is 75.4 Å². The Hall–Kier alpha value is -2.95. The molecule has 4 heterocycles. The van der Waals surface area contributed by atoms with E-state index in [1.165, 1.54) is 11.5 Å². The molecular formula is C20H20F3N6NaO6S. The van der Waals surface area contributed by atoms with E-state index >= 15 is 0 Å². The number of nitrogens with two attached hydrogens (primary N) is 1. The fraction of sp³-hybridized carbons (Fsp3) is 0.400. The Labute approximate surface area is 233 Å². The van der Waals surface area contributed by atoms with Crippen molar-refractivity contribution in [1.82, 2.24) is 20.1 Å². The molecule has 194 valence electrons. The van der Waals surface area contributed by atoms with Crippen molar-refractivity contribution in [3.05, 3.63) is 34.0 Å². The monoisotopic (exact) mass is 552 g/mol. The van der Waals surface area contributed by atoms with Crippen LogP contribution in [0.5, 0.6) is 0 Å². The van der Waals surface area contributed by atoms with Crippen LogP contribution in [0.1, 0.15) is 25.0 Å². The number of fused-ring (bicyclic) bond motifs is 1. The van der Waals surface area contributed by atoms with Crippen molar-refractivity contribution < 1.29 is 42.7 Å². The summed E-state index contributed by atoms with van der Waals surface area (Å²) in [7, 11) is 0. The van der Waals surface area contributed by atoms with E-state index in [1.54, 1.807) is 0 Å². The Balaban J connectivity index is 0.00000380. The quantitative estimate of drug-likeness (QED) is 0.0936. The molecule has 1 aromatic heterocycles.